The Bertz CT molecular complexity index is 1050. The number of carbonyl (C=O) groups is 2. The standard InChI is InChI=1S/C23H25N3O2S2/c1-15-3-5-17(6-4-15)22(28)24-18-7-8-19-20(13-18)30-23(25-19)29-14-21(27)26-11-9-16(2)10-12-26/h3-8,13,16H,9-12,14H2,1-2H3,(H,24,28). The van der Waals surface area contributed by atoms with Gasteiger partial charge < -0.3 is 10.2 Å². The lowest BCUT2D eigenvalue weighted by molar-refractivity contribution is -0.129. The van der Waals surface area contributed by atoms with E-state index in [1.807, 2.05) is 54.3 Å². The number of fused-ring (bicyclic) bond motifs is 1. The highest BCUT2D eigenvalue weighted by atomic mass is 32.2. The summed E-state index contributed by atoms with van der Waals surface area (Å²) in [7, 11) is 0. The van der Waals surface area contributed by atoms with E-state index in [-0.39, 0.29) is 11.8 Å². The second-order valence-electron chi connectivity index (χ2n) is 7.83. The summed E-state index contributed by atoms with van der Waals surface area (Å²) in [5.74, 6) is 1.20. The molecule has 1 aliphatic heterocycles. The summed E-state index contributed by atoms with van der Waals surface area (Å²) in [6.45, 7) is 5.97. The van der Waals surface area contributed by atoms with Crippen LogP contribution in [0.2, 0.25) is 0 Å². The number of thioether (sulfide) groups is 1. The lowest BCUT2D eigenvalue weighted by Crippen LogP contribution is -2.38. The average molecular weight is 440 g/mol. The monoisotopic (exact) mass is 439 g/mol. The van der Waals surface area contributed by atoms with E-state index < -0.39 is 0 Å². The van der Waals surface area contributed by atoms with Crippen LogP contribution in [0.25, 0.3) is 10.2 Å². The summed E-state index contributed by atoms with van der Waals surface area (Å²) in [5.41, 5.74) is 3.38. The van der Waals surface area contributed by atoms with Crippen molar-refractivity contribution in [1.82, 2.24) is 9.88 Å². The van der Waals surface area contributed by atoms with E-state index in [4.69, 9.17) is 0 Å². The zero-order valence-electron chi connectivity index (χ0n) is 17.2. The first kappa shape index (κ1) is 20.9. The molecule has 2 aromatic carbocycles. The van der Waals surface area contributed by atoms with Gasteiger partial charge in [-0.25, -0.2) is 4.98 Å². The van der Waals surface area contributed by atoms with Crippen LogP contribution in [0.5, 0.6) is 0 Å². The Morgan fingerprint density at radius 1 is 1.17 bits per heavy atom. The number of nitrogens with zero attached hydrogens (tertiary/aromatic N) is 2. The van der Waals surface area contributed by atoms with Gasteiger partial charge in [-0.1, -0.05) is 36.4 Å². The van der Waals surface area contributed by atoms with Crippen molar-refractivity contribution in [2.24, 2.45) is 5.92 Å². The molecule has 1 N–H and O–H groups in total. The van der Waals surface area contributed by atoms with Gasteiger partial charge in [0.25, 0.3) is 5.91 Å². The van der Waals surface area contributed by atoms with E-state index >= 15 is 0 Å². The molecular formula is C23H25N3O2S2. The average Bonchev–Trinajstić information content (AvgIpc) is 3.15. The predicted octanol–water partition coefficient (Wildman–Crippen LogP) is 5.21. The Kier molecular flexibility index (Phi) is 6.39. The first-order valence-corrected chi connectivity index (χ1v) is 12.0. The van der Waals surface area contributed by atoms with E-state index in [2.05, 4.69) is 17.2 Å². The molecule has 5 nitrogen and oxygen atoms in total. The molecule has 2 heterocycles. The van der Waals surface area contributed by atoms with E-state index in [9.17, 15) is 9.59 Å². The molecule has 1 aliphatic rings. The number of thiazole rings is 1. The fraction of sp³-hybridized carbons (Fsp3) is 0.348. The van der Waals surface area contributed by atoms with Crippen molar-refractivity contribution in [3.63, 3.8) is 0 Å². The Balaban J connectivity index is 1.38. The Hall–Kier alpha value is -2.38. The second-order valence-corrected chi connectivity index (χ2v) is 10.1. The normalized spacial score (nSPS) is 14.8. The number of hydrogen-bond acceptors (Lipinski definition) is 5. The maximum Gasteiger partial charge on any atom is 0.255 e. The third kappa shape index (κ3) is 5.02. The number of benzene rings is 2. The number of aromatic nitrogens is 1. The van der Waals surface area contributed by atoms with Gasteiger partial charge in [-0.05, 0) is 56.0 Å². The number of anilines is 1. The van der Waals surface area contributed by atoms with Crippen molar-refractivity contribution >= 4 is 50.8 Å². The number of rotatable bonds is 5. The van der Waals surface area contributed by atoms with Gasteiger partial charge in [-0.2, -0.15) is 0 Å². The number of nitrogens with one attached hydrogen (secondary N) is 1. The van der Waals surface area contributed by atoms with Crippen molar-refractivity contribution in [2.75, 3.05) is 24.2 Å². The molecule has 7 heteroatoms. The summed E-state index contributed by atoms with van der Waals surface area (Å²) < 4.78 is 1.88. The summed E-state index contributed by atoms with van der Waals surface area (Å²) in [4.78, 5) is 31.5. The highest BCUT2D eigenvalue weighted by Gasteiger charge is 2.20. The van der Waals surface area contributed by atoms with E-state index in [1.54, 1.807) is 11.3 Å². The molecule has 0 unspecified atom stereocenters. The van der Waals surface area contributed by atoms with Gasteiger partial charge in [0.05, 0.1) is 16.0 Å². The molecule has 1 fully saturated rings. The quantitative estimate of drug-likeness (QED) is 0.555. The van der Waals surface area contributed by atoms with Crippen LogP contribution in [0, 0.1) is 12.8 Å². The van der Waals surface area contributed by atoms with Crippen molar-refractivity contribution in [2.45, 2.75) is 31.0 Å². The maximum atomic E-state index is 12.5. The molecule has 0 aliphatic carbocycles. The summed E-state index contributed by atoms with van der Waals surface area (Å²) in [5, 5.41) is 2.95. The molecule has 30 heavy (non-hydrogen) atoms. The van der Waals surface area contributed by atoms with Crippen molar-refractivity contribution in [3.8, 4) is 0 Å². The Morgan fingerprint density at radius 3 is 2.63 bits per heavy atom. The van der Waals surface area contributed by atoms with E-state index in [0.29, 0.717) is 17.2 Å². The SMILES string of the molecule is Cc1ccc(C(=O)Nc2ccc3nc(SCC(=O)N4CCC(C)CC4)sc3c2)cc1. The number of carbonyl (C=O) groups excluding carboxylic acids is 2. The van der Waals surface area contributed by atoms with Gasteiger partial charge in [0.15, 0.2) is 4.34 Å². The summed E-state index contributed by atoms with van der Waals surface area (Å²) in [6, 6.07) is 13.2. The zero-order valence-corrected chi connectivity index (χ0v) is 18.8. The molecule has 3 aromatic rings. The molecule has 0 bridgehead atoms. The highest BCUT2D eigenvalue weighted by molar-refractivity contribution is 8.01. The third-order valence-corrected chi connectivity index (χ3v) is 7.54. The molecule has 2 amide bonds. The predicted molar refractivity (Wildman–Crippen MR) is 124 cm³/mol. The van der Waals surface area contributed by atoms with Crippen LogP contribution in [-0.4, -0.2) is 40.5 Å². The largest absolute Gasteiger partial charge is 0.342 e. The first-order valence-electron chi connectivity index (χ1n) is 10.2. The van der Waals surface area contributed by atoms with Crippen molar-refractivity contribution in [3.05, 3.63) is 53.6 Å². The summed E-state index contributed by atoms with van der Waals surface area (Å²) >= 11 is 3.05. The lowest BCUT2D eigenvalue weighted by atomic mass is 9.99. The van der Waals surface area contributed by atoms with Gasteiger partial charge >= 0.3 is 0 Å². The number of amides is 2. The fourth-order valence-electron chi connectivity index (χ4n) is 3.42. The Morgan fingerprint density at radius 2 is 1.90 bits per heavy atom. The van der Waals surface area contributed by atoms with Gasteiger partial charge in [-0.3, -0.25) is 9.59 Å². The van der Waals surface area contributed by atoms with Crippen LogP contribution in [-0.2, 0) is 4.79 Å². The minimum Gasteiger partial charge on any atom is -0.342 e. The van der Waals surface area contributed by atoms with Crippen LogP contribution in [0.3, 0.4) is 0 Å². The maximum absolute atomic E-state index is 12.5. The fourth-order valence-corrected chi connectivity index (χ4v) is 5.43. The number of hydrogen-bond donors (Lipinski definition) is 1. The molecule has 0 spiro atoms. The summed E-state index contributed by atoms with van der Waals surface area (Å²) in [6.07, 6.45) is 2.18. The van der Waals surface area contributed by atoms with Gasteiger partial charge in [-0.15, -0.1) is 11.3 Å². The molecule has 0 saturated carbocycles. The molecule has 0 atom stereocenters. The van der Waals surface area contributed by atoms with Crippen LogP contribution in [0.1, 0.15) is 35.7 Å². The molecule has 1 saturated heterocycles. The number of aryl methyl sites for hydroxylation is 1. The first-order chi connectivity index (χ1) is 14.5. The topological polar surface area (TPSA) is 62.3 Å². The van der Waals surface area contributed by atoms with Crippen LogP contribution in [0.4, 0.5) is 5.69 Å². The minimum atomic E-state index is -0.130. The van der Waals surface area contributed by atoms with E-state index in [1.165, 1.54) is 11.8 Å². The smallest absolute Gasteiger partial charge is 0.255 e. The molecule has 156 valence electrons. The van der Waals surface area contributed by atoms with Crippen LogP contribution < -0.4 is 5.32 Å². The van der Waals surface area contributed by atoms with E-state index in [0.717, 1.165) is 51.7 Å². The van der Waals surface area contributed by atoms with Crippen LogP contribution >= 0.6 is 23.1 Å². The molecular weight excluding hydrogens is 414 g/mol. The number of piperidine rings is 1. The zero-order chi connectivity index (χ0) is 21.1. The lowest BCUT2D eigenvalue weighted by Gasteiger charge is -2.30. The van der Waals surface area contributed by atoms with Gasteiger partial charge in [0.1, 0.15) is 0 Å². The molecule has 4 rings (SSSR count). The van der Waals surface area contributed by atoms with Crippen molar-refractivity contribution in [1.29, 1.82) is 0 Å². The second kappa shape index (κ2) is 9.18. The Labute approximate surface area is 184 Å². The molecule has 0 radical (unpaired) electrons. The highest BCUT2D eigenvalue weighted by Crippen LogP contribution is 2.32. The number of likely N-dealkylation sites (tertiary alicyclic amines) is 1. The molecule has 1 aromatic heterocycles. The van der Waals surface area contributed by atoms with Crippen LogP contribution in [0.15, 0.2) is 46.8 Å². The minimum absolute atomic E-state index is 0.130. The third-order valence-electron chi connectivity index (χ3n) is 5.40. The van der Waals surface area contributed by atoms with Gasteiger partial charge in [0.2, 0.25) is 5.91 Å². The van der Waals surface area contributed by atoms with Crippen molar-refractivity contribution < 1.29 is 9.59 Å². The van der Waals surface area contributed by atoms with Gasteiger partial charge in [0, 0.05) is 24.3 Å².